The van der Waals surface area contributed by atoms with Crippen molar-refractivity contribution in [2.24, 2.45) is 0 Å². The van der Waals surface area contributed by atoms with Crippen LogP contribution in [0, 0.1) is 0 Å². The molecule has 1 saturated heterocycles. The van der Waals surface area contributed by atoms with Gasteiger partial charge in [-0.25, -0.2) is 0 Å². The first-order valence-electron chi connectivity index (χ1n) is 7.62. The molecule has 0 spiro atoms. The molecule has 0 unspecified atom stereocenters. The van der Waals surface area contributed by atoms with Crippen LogP contribution in [0.4, 0.5) is 0 Å². The van der Waals surface area contributed by atoms with Gasteiger partial charge >= 0.3 is 0 Å². The molecule has 1 amide bonds. The van der Waals surface area contributed by atoms with Crippen LogP contribution in [-0.2, 0) is 4.74 Å². The van der Waals surface area contributed by atoms with Crippen LogP contribution in [0.1, 0.15) is 23.4 Å². The number of nitrogens with one attached hydrogen (secondary N) is 1. The Bertz CT molecular complexity index is 831. The summed E-state index contributed by atoms with van der Waals surface area (Å²) in [6.45, 7) is 1.33. The van der Waals surface area contributed by atoms with Gasteiger partial charge in [-0.2, -0.15) is 0 Å². The van der Waals surface area contributed by atoms with Gasteiger partial charge in [0.15, 0.2) is 5.76 Å². The lowest BCUT2D eigenvalue weighted by Crippen LogP contribution is -2.31. The predicted octanol–water partition coefficient (Wildman–Crippen LogP) is 3.49. The third kappa shape index (κ3) is 2.35. The van der Waals surface area contributed by atoms with E-state index in [1.54, 1.807) is 0 Å². The third-order valence-electron chi connectivity index (χ3n) is 4.16. The van der Waals surface area contributed by atoms with Crippen molar-refractivity contribution in [1.29, 1.82) is 0 Å². The van der Waals surface area contributed by atoms with Crippen molar-refractivity contribution in [3.8, 4) is 0 Å². The van der Waals surface area contributed by atoms with Crippen molar-refractivity contribution in [3.63, 3.8) is 0 Å². The fourth-order valence-corrected chi connectivity index (χ4v) is 3.00. The number of fused-ring (bicyclic) bond motifs is 3. The quantitative estimate of drug-likeness (QED) is 0.804. The summed E-state index contributed by atoms with van der Waals surface area (Å²) in [6.07, 6.45) is 2.21. The topological polar surface area (TPSA) is 51.5 Å². The van der Waals surface area contributed by atoms with Crippen molar-refractivity contribution < 1.29 is 13.9 Å². The first-order chi connectivity index (χ1) is 10.8. The summed E-state index contributed by atoms with van der Waals surface area (Å²) < 4.78 is 11.2. The molecule has 0 bridgehead atoms. The Balaban J connectivity index is 1.61. The van der Waals surface area contributed by atoms with Gasteiger partial charge in [0.25, 0.3) is 5.91 Å². The standard InChI is InChI=1S/C18H17NO3/c20-18(19-11-13-5-3-9-21-13)17-10-15-14-6-2-1-4-12(14)7-8-16(15)22-17/h1-2,4,6-8,10,13H,3,5,9,11H2,(H,19,20)/t13-/m1/s1. The number of hydrogen-bond acceptors (Lipinski definition) is 3. The highest BCUT2D eigenvalue weighted by atomic mass is 16.5. The predicted molar refractivity (Wildman–Crippen MR) is 85.0 cm³/mol. The SMILES string of the molecule is O=C(NC[C@H]1CCCO1)c1cc2c(ccc3ccccc32)o1. The number of carbonyl (C=O) groups excluding carboxylic acids is 1. The van der Waals surface area contributed by atoms with E-state index in [-0.39, 0.29) is 12.0 Å². The zero-order chi connectivity index (χ0) is 14.9. The largest absolute Gasteiger partial charge is 0.451 e. The molecule has 1 N–H and O–H groups in total. The molecule has 0 radical (unpaired) electrons. The van der Waals surface area contributed by atoms with E-state index in [4.69, 9.17) is 9.15 Å². The van der Waals surface area contributed by atoms with Crippen molar-refractivity contribution in [2.75, 3.05) is 13.2 Å². The smallest absolute Gasteiger partial charge is 0.287 e. The van der Waals surface area contributed by atoms with E-state index in [1.165, 1.54) is 0 Å². The van der Waals surface area contributed by atoms with Crippen molar-refractivity contribution in [1.82, 2.24) is 5.32 Å². The monoisotopic (exact) mass is 295 g/mol. The van der Waals surface area contributed by atoms with Gasteiger partial charge in [-0.15, -0.1) is 0 Å². The van der Waals surface area contributed by atoms with E-state index < -0.39 is 0 Å². The zero-order valence-corrected chi connectivity index (χ0v) is 12.2. The summed E-state index contributed by atoms with van der Waals surface area (Å²) in [4.78, 5) is 12.2. The van der Waals surface area contributed by atoms with E-state index in [0.29, 0.717) is 12.3 Å². The summed E-state index contributed by atoms with van der Waals surface area (Å²) in [5.41, 5.74) is 0.737. The van der Waals surface area contributed by atoms with Gasteiger partial charge in [0.1, 0.15) is 5.58 Å². The molecule has 0 aliphatic carbocycles. The van der Waals surface area contributed by atoms with Crippen molar-refractivity contribution in [3.05, 3.63) is 48.2 Å². The Morgan fingerprint density at radius 1 is 1.18 bits per heavy atom. The number of hydrogen-bond donors (Lipinski definition) is 1. The molecule has 22 heavy (non-hydrogen) atoms. The Morgan fingerprint density at radius 2 is 2.09 bits per heavy atom. The fraction of sp³-hybridized carbons (Fsp3) is 0.278. The minimum atomic E-state index is -0.184. The molecule has 1 fully saturated rings. The maximum absolute atomic E-state index is 12.2. The first kappa shape index (κ1) is 13.3. The van der Waals surface area contributed by atoms with E-state index in [0.717, 1.165) is 41.2 Å². The number of amides is 1. The lowest BCUT2D eigenvalue weighted by Gasteiger charge is -2.09. The molecule has 112 valence electrons. The molecule has 1 aliphatic rings. The van der Waals surface area contributed by atoms with Crippen LogP contribution >= 0.6 is 0 Å². The summed E-state index contributed by atoms with van der Waals surface area (Å²) >= 11 is 0. The fourth-order valence-electron chi connectivity index (χ4n) is 3.00. The van der Waals surface area contributed by atoms with E-state index in [1.807, 2.05) is 36.4 Å². The Labute approximate surface area is 128 Å². The van der Waals surface area contributed by atoms with E-state index in [2.05, 4.69) is 11.4 Å². The highest BCUT2D eigenvalue weighted by Crippen LogP contribution is 2.28. The lowest BCUT2D eigenvalue weighted by atomic mass is 10.1. The first-order valence-corrected chi connectivity index (χ1v) is 7.62. The number of furan rings is 1. The van der Waals surface area contributed by atoms with Crippen LogP contribution < -0.4 is 5.32 Å². The van der Waals surface area contributed by atoms with Crippen molar-refractivity contribution in [2.45, 2.75) is 18.9 Å². The highest BCUT2D eigenvalue weighted by molar-refractivity contribution is 6.08. The zero-order valence-electron chi connectivity index (χ0n) is 12.2. The molecule has 0 saturated carbocycles. The maximum Gasteiger partial charge on any atom is 0.287 e. The Morgan fingerprint density at radius 3 is 2.95 bits per heavy atom. The number of carbonyl (C=O) groups is 1. The van der Waals surface area contributed by atoms with Crippen LogP contribution in [0.3, 0.4) is 0 Å². The van der Waals surface area contributed by atoms with Crippen LogP contribution in [-0.4, -0.2) is 25.2 Å². The minimum Gasteiger partial charge on any atom is -0.451 e. The number of ether oxygens (including phenoxy) is 1. The molecule has 4 nitrogen and oxygen atoms in total. The van der Waals surface area contributed by atoms with Gasteiger partial charge < -0.3 is 14.5 Å². The average Bonchev–Trinajstić information content (AvgIpc) is 3.21. The van der Waals surface area contributed by atoms with E-state index >= 15 is 0 Å². The summed E-state index contributed by atoms with van der Waals surface area (Å²) in [7, 11) is 0. The van der Waals surface area contributed by atoms with Gasteiger partial charge in [-0.1, -0.05) is 30.3 Å². The van der Waals surface area contributed by atoms with E-state index in [9.17, 15) is 4.79 Å². The molecule has 1 atom stereocenters. The van der Waals surface area contributed by atoms with Gasteiger partial charge in [-0.3, -0.25) is 4.79 Å². The van der Waals surface area contributed by atoms with Gasteiger partial charge in [-0.05, 0) is 35.7 Å². The average molecular weight is 295 g/mol. The summed E-state index contributed by atoms with van der Waals surface area (Å²) in [5, 5.41) is 6.10. The highest BCUT2D eigenvalue weighted by Gasteiger charge is 2.18. The lowest BCUT2D eigenvalue weighted by molar-refractivity contribution is 0.0837. The second-order valence-corrected chi connectivity index (χ2v) is 5.65. The van der Waals surface area contributed by atoms with Gasteiger partial charge in [0.2, 0.25) is 0 Å². The third-order valence-corrected chi connectivity index (χ3v) is 4.16. The molecule has 2 heterocycles. The molecular weight excluding hydrogens is 278 g/mol. The number of benzene rings is 2. The number of rotatable bonds is 3. The molecule has 3 aromatic rings. The van der Waals surface area contributed by atoms with Crippen molar-refractivity contribution >= 4 is 27.6 Å². The molecular formula is C18H17NO3. The van der Waals surface area contributed by atoms with Crippen LogP contribution in [0.25, 0.3) is 21.7 Å². The molecule has 4 heteroatoms. The molecule has 4 rings (SSSR count). The second-order valence-electron chi connectivity index (χ2n) is 5.65. The summed E-state index contributed by atoms with van der Waals surface area (Å²) in [6, 6.07) is 13.8. The summed E-state index contributed by atoms with van der Waals surface area (Å²) in [5.74, 6) is 0.167. The molecule has 1 aliphatic heterocycles. The maximum atomic E-state index is 12.2. The minimum absolute atomic E-state index is 0.133. The normalized spacial score (nSPS) is 18.1. The Hall–Kier alpha value is -2.33. The molecule has 1 aromatic heterocycles. The van der Waals surface area contributed by atoms with Gasteiger partial charge in [0, 0.05) is 18.5 Å². The van der Waals surface area contributed by atoms with Crippen LogP contribution in [0.15, 0.2) is 46.9 Å². The van der Waals surface area contributed by atoms with Crippen LogP contribution in [0.5, 0.6) is 0 Å². The van der Waals surface area contributed by atoms with Crippen LogP contribution in [0.2, 0.25) is 0 Å². The van der Waals surface area contributed by atoms with Gasteiger partial charge in [0.05, 0.1) is 6.10 Å². The Kier molecular flexibility index (Phi) is 3.31. The molecule has 2 aromatic carbocycles. The second kappa shape index (κ2) is 5.46.